The molecule has 1 aromatic heterocycles. The average molecular weight is 809 g/mol. The fourth-order valence-electron chi connectivity index (χ4n) is 6.96. The molecule has 13 heteroatoms. The Morgan fingerprint density at radius 3 is 2.14 bits per heavy atom. The molecule has 0 saturated carbocycles. The van der Waals surface area contributed by atoms with Crippen molar-refractivity contribution >= 4 is 40.3 Å². The highest BCUT2D eigenvalue weighted by molar-refractivity contribution is 6.06. The first-order chi connectivity index (χ1) is 28.1. The lowest BCUT2D eigenvalue weighted by molar-refractivity contribution is -0.159. The number of carbonyl (C=O) groups is 4. The van der Waals surface area contributed by atoms with E-state index in [1.807, 2.05) is 75.4 Å². The lowest BCUT2D eigenvalue weighted by atomic mass is 9.96. The molecule has 13 nitrogen and oxygen atoms in total. The highest BCUT2D eigenvalue weighted by Gasteiger charge is 2.41. The normalized spacial score (nSPS) is 16.1. The summed E-state index contributed by atoms with van der Waals surface area (Å²) in [5, 5.41) is 6.48. The molecular formula is C46H56N4O9. The molecule has 1 aliphatic carbocycles. The van der Waals surface area contributed by atoms with E-state index in [2.05, 4.69) is 10.6 Å². The van der Waals surface area contributed by atoms with Crippen molar-refractivity contribution in [2.45, 2.75) is 85.1 Å². The number of rotatable bonds is 16. The van der Waals surface area contributed by atoms with Crippen molar-refractivity contribution in [3.63, 3.8) is 0 Å². The van der Waals surface area contributed by atoms with E-state index in [1.165, 1.54) is 19.1 Å². The van der Waals surface area contributed by atoms with Gasteiger partial charge in [-0.3, -0.25) is 14.4 Å². The molecule has 59 heavy (non-hydrogen) atoms. The van der Waals surface area contributed by atoms with E-state index < -0.39 is 47.5 Å². The number of likely N-dealkylation sites (N-methyl/N-ethyl adjacent to an activating group) is 1. The minimum absolute atomic E-state index is 0.0718. The molecule has 0 unspecified atom stereocenters. The molecular weight excluding hydrogens is 753 g/mol. The molecule has 3 aromatic carbocycles. The maximum atomic E-state index is 14.5. The van der Waals surface area contributed by atoms with E-state index in [4.69, 9.17) is 28.7 Å². The van der Waals surface area contributed by atoms with Crippen LogP contribution < -0.4 is 34.5 Å². The van der Waals surface area contributed by atoms with Gasteiger partial charge in [0.1, 0.15) is 46.8 Å². The fraction of sp³-hybridized carbons (Fsp3) is 0.413. The van der Waals surface area contributed by atoms with Crippen LogP contribution in [0.2, 0.25) is 0 Å². The first-order valence-electron chi connectivity index (χ1n) is 19.9. The summed E-state index contributed by atoms with van der Waals surface area (Å²) in [6.07, 6.45) is 1.20. The number of aromatic nitrogens is 1. The van der Waals surface area contributed by atoms with E-state index >= 15 is 0 Å². The molecule has 0 radical (unpaired) electrons. The number of hydrogen-bond acceptors (Lipinski definition) is 10. The van der Waals surface area contributed by atoms with Crippen LogP contribution in [0.1, 0.15) is 61.3 Å². The van der Waals surface area contributed by atoms with Gasteiger partial charge in [0.25, 0.3) is 0 Å². The van der Waals surface area contributed by atoms with E-state index in [9.17, 15) is 19.2 Å². The lowest BCUT2D eigenvalue weighted by Gasteiger charge is -2.30. The van der Waals surface area contributed by atoms with Crippen LogP contribution in [-0.4, -0.2) is 80.3 Å². The Balaban J connectivity index is 1.52. The van der Waals surface area contributed by atoms with Gasteiger partial charge in [-0.1, -0.05) is 51.1 Å². The van der Waals surface area contributed by atoms with Crippen LogP contribution in [0.15, 0.2) is 84.4 Å². The van der Waals surface area contributed by atoms with Gasteiger partial charge >= 0.3 is 5.97 Å². The van der Waals surface area contributed by atoms with Gasteiger partial charge in [0.05, 0.1) is 44.1 Å². The second-order valence-electron chi connectivity index (χ2n) is 15.6. The molecule has 1 heterocycles. The first-order valence-corrected chi connectivity index (χ1v) is 19.9. The third-order valence-corrected chi connectivity index (χ3v) is 10.0. The van der Waals surface area contributed by atoms with Crippen LogP contribution in [0.25, 0.3) is 22.2 Å². The third kappa shape index (κ3) is 10.5. The largest absolute Gasteiger partial charge is 0.497 e. The van der Waals surface area contributed by atoms with Gasteiger partial charge in [0, 0.05) is 47.7 Å². The highest BCUT2D eigenvalue weighted by atomic mass is 16.6. The average Bonchev–Trinajstić information content (AvgIpc) is 3.65. The molecule has 1 aliphatic rings. The monoisotopic (exact) mass is 808 g/mol. The molecule has 0 aliphatic heterocycles. The van der Waals surface area contributed by atoms with Gasteiger partial charge in [0.2, 0.25) is 17.7 Å². The van der Waals surface area contributed by atoms with E-state index in [0.29, 0.717) is 45.3 Å². The molecule has 2 N–H and O–H groups in total. The number of ether oxygens (including phenoxy) is 5. The van der Waals surface area contributed by atoms with Gasteiger partial charge in [-0.05, 0) is 70.4 Å². The number of nitrogens with one attached hydrogen (secondary N) is 2. The third-order valence-electron chi connectivity index (χ3n) is 10.0. The Hall–Kier alpha value is -6.11. The molecule has 0 spiro atoms. The zero-order chi connectivity index (χ0) is 43.0. The van der Waals surface area contributed by atoms with E-state index in [-0.39, 0.29) is 36.8 Å². The molecule has 314 valence electrons. The summed E-state index contributed by atoms with van der Waals surface area (Å²) in [6, 6.07) is 20.2. The maximum Gasteiger partial charge on any atom is 0.329 e. The second kappa shape index (κ2) is 19.1. The van der Waals surface area contributed by atoms with Gasteiger partial charge < -0.3 is 39.2 Å². The molecule has 0 bridgehead atoms. The van der Waals surface area contributed by atoms with Crippen molar-refractivity contribution in [3.8, 4) is 34.3 Å². The van der Waals surface area contributed by atoms with Crippen molar-refractivity contribution < 1.29 is 42.9 Å². The Kier molecular flexibility index (Phi) is 14.2. The zero-order valence-electron chi connectivity index (χ0n) is 35.6. The number of esters is 1. The van der Waals surface area contributed by atoms with Gasteiger partial charge in [-0.25, -0.2) is 9.78 Å². The number of carbonyl (C=O) groups excluding carboxylic acids is 4. The number of amides is 3. The van der Waals surface area contributed by atoms with Crippen LogP contribution in [0.4, 0.5) is 5.69 Å². The fourth-order valence-corrected chi connectivity index (χ4v) is 6.96. The summed E-state index contributed by atoms with van der Waals surface area (Å²) in [6.45, 7) is 12.8. The minimum Gasteiger partial charge on any atom is -0.497 e. The van der Waals surface area contributed by atoms with Crippen LogP contribution in [-0.2, 0) is 23.9 Å². The van der Waals surface area contributed by atoms with Crippen molar-refractivity contribution in [3.05, 3.63) is 84.4 Å². The predicted molar refractivity (Wildman–Crippen MR) is 227 cm³/mol. The standard InChI is InChI=1S/C46H56N4O9/c1-11-35(45(54)59-46(5,6)7)48-42(51)33-22-31(58-40-26-36(28-16-14-13-15-17-28)47-37-24-29(55-8)18-20-32(37)40)23-34(33)43(52)49-41(27(3)4)44(53)50(12-2)38-25-30(56-9)19-21-39(38)57-10/h13-21,23-27,31,33,35,41H,11-12,22H2,1-10H3,(H,48,51)(H,49,52)/t31-,33-,35+,41+/m1/s1. The summed E-state index contributed by atoms with van der Waals surface area (Å²) in [5.41, 5.74) is 1.97. The van der Waals surface area contributed by atoms with Crippen LogP contribution in [0, 0.1) is 11.8 Å². The Morgan fingerprint density at radius 2 is 1.53 bits per heavy atom. The molecule has 4 atom stereocenters. The smallest absolute Gasteiger partial charge is 0.329 e. The number of benzene rings is 3. The lowest BCUT2D eigenvalue weighted by Crippen LogP contribution is -2.52. The van der Waals surface area contributed by atoms with Crippen LogP contribution in [0.3, 0.4) is 0 Å². The SMILES string of the molecule is CC[C@H](NC(=O)[C@@H]1C[C@@H](Oc2cc(-c3ccccc3)nc3cc(OC)ccc23)C=C1C(=O)N[C@H](C(=O)N(CC)c1cc(OC)ccc1OC)C(C)C)C(=O)OC(C)(C)C. The number of fused-ring (bicyclic) bond motifs is 1. The summed E-state index contributed by atoms with van der Waals surface area (Å²) >= 11 is 0. The number of nitrogens with zero attached hydrogens (tertiary/aromatic N) is 2. The quantitative estimate of drug-likeness (QED) is 0.113. The van der Waals surface area contributed by atoms with Crippen molar-refractivity contribution in [2.75, 3.05) is 32.8 Å². The highest BCUT2D eigenvalue weighted by Crippen LogP contribution is 2.37. The molecule has 0 saturated heterocycles. The van der Waals surface area contributed by atoms with Crippen molar-refractivity contribution in [1.82, 2.24) is 15.6 Å². The summed E-state index contributed by atoms with van der Waals surface area (Å²) in [4.78, 5) is 62.7. The summed E-state index contributed by atoms with van der Waals surface area (Å²) in [5.74, 6) is -1.43. The van der Waals surface area contributed by atoms with E-state index in [0.717, 1.165) is 5.56 Å². The Bertz CT molecular complexity index is 2180. The Labute approximate surface area is 346 Å². The van der Waals surface area contributed by atoms with Crippen LogP contribution in [0.5, 0.6) is 23.0 Å². The van der Waals surface area contributed by atoms with Gasteiger partial charge in [-0.2, -0.15) is 0 Å². The summed E-state index contributed by atoms with van der Waals surface area (Å²) < 4.78 is 28.8. The zero-order valence-corrected chi connectivity index (χ0v) is 35.6. The minimum atomic E-state index is -1.04. The molecule has 0 fully saturated rings. The summed E-state index contributed by atoms with van der Waals surface area (Å²) in [7, 11) is 4.63. The predicted octanol–water partition coefficient (Wildman–Crippen LogP) is 7.05. The second-order valence-corrected chi connectivity index (χ2v) is 15.6. The number of pyridine rings is 1. The number of hydrogen-bond donors (Lipinski definition) is 2. The number of anilines is 1. The maximum absolute atomic E-state index is 14.5. The van der Waals surface area contributed by atoms with Gasteiger partial charge in [0.15, 0.2) is 0 Å². The topological polar surface area (TPSA) is 155 Å². The molecule has 3 amide bonds. The number of methoxy groups -OCH3 is 3. The van der Waals surface area contributed by atoms with Crippen LogP contribution >= 0.6 is 0 Å². The molecule has 4 aromatic rings. The molecule has 5 rings (SSSR count). The first kappa shape index (κ1) is 44.0. The Morgan fingerprint density at radius 1 is 0.847 bits per heavy atom. The van der Waals surface area contributed by atoms with E-state index in [1.54, 1.807) is 59.1 Å². The van der Waals surface area contributed by atoms with Crippen molar-refractivity contribution in [1.29, 1.82) is 0 Å². The van der Waals surface area contributed by atoms with Gasteiger partial charge in [-0.15, -0.1) is 0 Å². The van der Waals surface area contributed by atoms with Crippen molar-refractivity contribution in [2.24, 2.45) is 11.8 Å².